The molecule has 2 unspecified atom stereocenters. The number of nitrogens with one attached hydrogen (secondary N) is 2. The number of hydrogen-bond donors (Lipinski definition) is 3. The van der Waals surface area contributed by atoms with Crippen LogP contribution in [-0.2, 0) is 10.6 Å². The zero-order chi connectivity index (χ0) is 24.5. The highest BCUT2D eigenvalue weighted by Gasteiger charge is 2.25. The second kappa shape index (κ2) is 13.4. The van der Waals surface area contributed by atoms with Crippen molar-refractivity contribution in [3.63, 3.8) is 0 Å². The van der Waals surface area contributed by atoms with E-state index < -0.39 is 0 Å². The smallest absolute Gasteiger partial charge is 0.253 e. The number of amides is 1. The maximum Gasteiger partial charge on any atom is 0.253 e. The zero-order valence-electron chi connectivity index (χ0n) is 20.4. The molecule has 0 aliphatic carbocycles. The van der Waals surface area contributed by atoms with Gasteiger partial charge in [-0.15, -0.1) is 0 Å². The Morgan fingerprint density at radius 1 is 1.26 bits per heavy atom. The molecule has 1 saturated heterocycles. The number of carbonyl (C=O) groups excluding carboxylic acids is 1. The molecule has 34 heavy (non-hydrogen) atoms. The monoisotopic (exact) mass is 504 g/mol. The Kier molecular flexibility index (Phi) is 10.7. The third-order valence-corrected chi connectivity index (χ3v) is 7.01. The average molecular weight is 505 g/mol. The maximum atomic E-state index is 12.7. The van der Waals surface area contributed by atoms with Gasteiger partial charge >= 0.3 is 0 Å². The first kappa shape index (κ1) is 27.0. The van der Waals surface area contributed by atoms with E-state index in [1.807, 2.05) is 19.9 Å². The Morgan fingerprint density at radius 2 is 1.97 bits per heavy atom. The van der Waals surface area contributed by atoms with E-state index in [9.17, 15) is 4.79 Å². The molecule has 1 aromatic heterocycles. The van der Waals surface area contributed by atoms with Gasteiger partial charge in [0.1, 0.15) is 5.15 Å². The van der Waals surface area contributed by atoms with Gasteiger partial charge in [-0.05, 0) is 89.6 Å². The number of halogens is 1. The first-order valence-corrected chi connectivity index (χ1v) is 12.8. The van der Waals surface area contributed by atoms with Crippen LogP contribution in [0.1, 0.15) is 53.4 Å². The normalized spacial score (nSPS) is 16.9. The van der Waals surface area contributed by atoms with E-state index in [1.54, 1.807) is 6.07 Å². The molecule has 2 aromatic rings. The van der Waals surface area contributed by atoms with Gasteiger partial charge in [0.25, 0.3) is 5.91 Å². The molecule has 1 aliphatic heterocycles. The van der Waals surface area contributed by atoms with Crippen molar-refractivity contribution in [2.45, 2.75) is 64.6 Å². The second-order valence-electron chi connectivity index (χ2n) is 9.28. The van der Waals surface area contributed by atoms with E-state index in [0.717, 1.165) is 44.3 Å². The van der Waals surface area contributed by atoms with Crippen LogP contribution in [0.25, 0.3) is 0 Å². The molecular formula is C26H37ClN4O2S. The highest BCUT2D eigenvalue weighted by Crippen LogP contribution is 2.18. The third kappa shape index (κ3) is 7.95. The predicted octanol–water partition coefficient (Wildman–Crippen LogP) is 4.39. The van der Waals surface area contributed by atoms with Crippen LogP contribution in [-0.4, -0.2) is 60.2 Å². The predicted molar refractivity (Wildman–Crippen MR) is 142 cm³/mol. The highest BCUT2D eigenvalue weighted by molar-refractivity contribution is 7.75. The van der Waals surface area contributed by atoms with Crippen LogP contribution in [0.3, 0.4) is 0 Å². The molecular weight excluding hydrogens is 468 g/mol. The van der Waals surface area contributed by atoms with E-state index in [1.165, 1.54) is 5.56 Å². The van der Waals surface area contributed by atoms with Gasteiger partial charge in [0.2, 0.25) is 0 Å². The molecule has 2 N–H and O–H groups in total. The van der Waals surface area contributed by atoms with Gasteiger partial charge in [0, 0.05) is 24.7 Å². The number of benzene rings is 1. The molecule has 186 valence electrons. The van der Waals surface area contributed by atoms with Crippen LogP contribution >= 0.6 is 24.5 Å². The summed E-state index contributed by atoms with van der Waals surface area (Å²) in [6, 6.07) is 13.4. The first-order valence-electron chi connectivity index (χ1n) is 12.1. The third-order valence-electron chi connectivity index (χ3n) is 6.67. The maximum absolute atomic E-state index is 12.7. The highest BCUT2D eigenvalue weighted by atomic mass is 35.5. The number of likely N-dealkylation sites (tertiary alicyclic amines) is 1. The molecule has 0 bridgehead atoms. The van der Waals surface area contributed by atoms with Crippen LogP contribution in [0.15, 0.2) is 36.4 Å². The van der Waals surface area contributed by atoms with Crippen LogP contribution < -0.4 is 10.6 Å². The lowest BCUT2D eigenvalue weighted by molar-refractivity contribution is 0.0942. The van der Waals surface area contributed by atoms with E-state index >= 15 is 0 Å². The SMILES string of the molecule is Cc1cc(Cl)nc(C)c1C(=O)NCCC(C)N1CCC(NC(COS)Cc2ccccc2)CC1. The summed E-state index contributed by atoms with van der Waals surface area (Å²) >= 11 is 9.97. The van der Waals surface area contributed by atoms with Crippen molar-refractivity contribution in [1.29, 1.82) is 0 Å². The summed E-state index contributed by atoms with van der Waals surface area (Å²) in [5.41, 5.74) is 3.45. The molecule has 0 radical (unpaired) electrons. The standard InChI is InChI=1S/C26H37ClN4O2S/c1-18-15-24(27)29-20(3)25(18)26(32)28-12-9-19(2)31-13-10-22(11-14-31)30-23(17-33-34)16-21-7-5-4-6-8-21/h4-8,15,19,22-23,30,34H,9-14,16-17H2,1-3H3,(H,28,32). The number of pyridine rings is 1. The Balaban J connectivity index is 1.41. The quantitative estimate of drug-likeness (QED) is 0.241. The lowest BCUT2D eigenvalue weighted by atomic mass is 9.99. The molecule has 2 heterocycles. The molecule has 0 spiro atoms. The van der Waals surface area contributed by atoms with Crippen molar-refractivity contribution in [3.8, 4) is 0 Å². The lowest BCUT2D eigenvalue weighted by Gasteiger charge is -2.37. The van der Waals surface area contributed by atoms with E-state index in [4.69, 9.17) is 15.8 Å². The summed E-state index contributed by atoms with van der Waals surface area (Å²) in [5, 5.41) is 7.26. The van der Waals surface area contributed by atoms with Gasteiger partial charge < -0.3 is 19.7 Å². The molecule has 1 aromatic carbocycles. The summed E-state index contributed by atoms with van der Waals surface area (Å²) in [7, 11) is 0. The molecule has 8 heteroatoms. The van der Waals surface area contributed by atoms with Crippen molar-refractivity contribution >= 4 is 30.4 Å². The summed E-state index contributed by atoms with van der Waals surface area (Å²) in [4.78, 5) is 19.4. The second-order valence-corrected chi connectivity index (χ2v) is 9.92. The fourth-order valence-corrected chi connectivity index (χ4v) is 5.26. The van der Waals surface area contributed by atoms with Crippen molar-refractivity contribution in [2.24, 2.45) is 0 Å². The molecule has 1 aliphatic rings. The topological polar surface area (TPSA) is 66.5 Å². The Labute approximate surface area is 214 Å². The van der Waals surface area contributed by atoms with Crippen molar-refractivity contribution < 1.29 is 8.98 Å². The molecule has 1 amide bonds. The lowest BCUT2D eigenvalue weighted by Crippen LogP contribution is -2.50. The summed E-state index contributed by atoms with van der Waals surface area (Å²) in [6.07, 6.45) is 4.04. The number of piperidine rings is 1. The summed E-state index contributed by atoms with van der Waals surface area (Å²) < 4.78 is 5.17. The Bertz CT molecular complexity index is 899. The van der Waals surface area contributed by atoms with Gasteiger partial charge in [0.15, 0.2) is 0 Å². The molecule has 6 nitrogen and oxygen atoms in total. The minimum absolute atomic E-state index is 0.0786. The van der Waals surface area contributed by atoms with Crippen LogP contribution in [0.5, 0.6) is 0 Å². The van der Waals surface area contributed by atoms with Crippen LogP contribution in [0.4, 0.5) is 0 Å². The average Bonchev–Trinajstić information content (AvgIpc) is 2.79. The van der Waals surface area contributed by atoms with Gasteiger partial charge in [-0.1, -0.05) is 41.9 Å². The fourth-order valence-electron chi connectivity index (χ4n) is 4.79. The van der Waals surface area contributed by atoms with Gasteiger partial charge in [0.05, 0.1) is 17.9 Å². The number of aromatic nitrogens is 1. The fraction of sp³-hybridized carbons (Fsp3) is 0.538. The summed E-state index contributed by atoms with van der Waals surface area (Å²) in [5.74, 6) is -0.0786. The van der Waals surface area contributed by atoms with E-state index in [0.29, 0.717) is 41.6 Å². The van der Waals surface area contributed by atoms with Crippen LogP contribution in [0, 0.1) is 13.8 Å². The number of carbonyl (C=O) groups is 1. The number of nitrogens with zero attached hydrogens (tertiary/aromatic N) is 2. The summed E-state index contributed by atoms with van der Waals surface area (Å²) in [6.45, 7) is 9.27. The Morgan fingerprint density at radius 3 is 2.62 bits per heavy atom. The van der Waals surface area contributed by atoms with Crippen molar-refractivity contribution in [2.75, 3.05) is 26.2 Å². The van der Waals surface area contributed by atoms with Crippen LogP contribution in [0.2, 0.25) is 5.15 Å². The van der Waals surface area contributed by atoms with Gasteiger partial charge in [-0.2, -0.15) is 0 Å². The molecule has 2 atom stereocenters. The minimum atomic E-state index is -0.0786. The molecule has 1 fully saturated rings. The van der Waals surface area contributed by atoms with E-state index in [2.05, 4.69) is 64.6 Å². The van der Waals surface area contributed by atoms with Crippen molar-refractivity contribution in [3.05, 3.63) is 63.9 Å². The largest absolute Gasteiger partial charge is 0.352 e. The molecule has 3 rings (SSSR count). The van der Waals surface area contributed by atoms with E-state index in [-0.39, 0.29) is 11.9 Å². The molecule has 0 saturated carbocycles. The number of hydrogen-bond acceptors (Lipinski definition) is 6. The zero-order valence-corrected chi connectivity index (χ0v) is 22.0. The Hall–Kier alpha value is -1.64. The minimum Gasteiger partial charge on any atom is -0.352 e. The number of aryl methyl sites for hydroxylation is 2. The number of thiol groups is 1. The van der Waals surface area contributed by atoms with Gasteiger partial charge in [-0.3, -0.25) is 4.79 Å². The van der Waals surface area contributed by atoms with Gasteiger partial charge in [-0.25, -0.2) is 4.98 Å². The first-order chi connectivity index (χ1) is 16.4. The number of rotatable bonds is 11. The van der Waals surface area contributed by atoms with Crippen molar-refractivity contribution in [1.82, 2.24) is 20.5 Å².